The summed E-state index contributed by atoms with van der Waals surface area (Å²) >= 11 is 0. The predicted octanol–water partition coefficient (Wildman–Crippen LogP) is 4.32. The molecule has 0 atom stereocenters. The van der Waals surface area contributed by atoms with Crippen LogP contribution in [0, 0.1) is 0 Å². The van der Waals surface area contributed by atoms with Crippen LogP contribution in [-0.2, 0) is 6.54 Å². The third-order valence-corrected chi connectivity index (χ3v) is 4.53. The number of rotatable bonds is 5. The molecule has 0 unspecified atom stereocenters. The SMILES string of the molecule is Nc1nc(-c2ccccc2)c(-c2ccccc2)nc1C(=O)NCc1ccccc1. The second kappa shape index (κ2) is 8.35. The second-order valence-electron chi connectivity index (χ2n) is 6.55. The van der Waals surface area contributed by atoms with E-state index in [1.807, 2.05) is 91.0 Å². The van der Waals surface area contributed by atoms with Gasteiger partial charge in [-0.25, -0.2) is 9.97 Å². The lowest BCUT2D eigenvalue weighted by atomic mass is 10.0. The number of hydrogen-bond donors (Lipinski definition) is 2. The Hall–Kier alpha value is -3.99. The van der Waals surface area contributed by atoms with Crippen molar-refractivity contribution >= 4 is 11.7 Å². The molecule has 3 N–H and O–H groups in total. The van der Waals surface area contributed by atoms with Gasteiger partial charge in [-0.05, 0) is 5.56 Å². The Balaban J connectivity index is 1.73. The molecule has 142 valence electrons. The van der Waals surface area contributed by atoms with Crippen molar-refractivity contribution < 1.29 is 4.79 Å². The molecule has 1 aromatic heterocycles. The minimum atomic E-state index is -0.351. The Morgan fingerprint density at radius 1 is 0.724 bits per heavy atom. The highest BCUT2D eigenvalue weighted by Crippen LogP contribution is 2.30. The average Bonchev–Trinajstić information content (AvgIpc) is 2.79. The first-order valence-corrected chi connectivity index (χ1v) is 9.33. The van der Waals surface area contributed by atoms with E-state index >= 15 is 0 Å². The second-order valence-corrected chi connectivity index (χ2v) is 6.55. The molecule has 0 bridgehead atoms. The van der Waals surface area contributed by atoms with E-state index in [0.717, 1.165) is 16.7 Å². The molecule has 0 aliphatic carbocycles. The van der Waals surface area contributed by atoms with Crippen LogP contribution in [0.25, 0.3) is 22.5 Å². The lowest BCUT2D eigenvalue weighted by molar-refractivity contribution is 0.0946. The zero-order chi connectivity index (χ0) is 20.1. The van der Waals surface area contributed by atoms with Crippen LogP contribution in [0.4, 0.5) is 5.82 Å². The molecule has 0 saturated carbocycles. The van der Waals surface area contributed by atoms with Crippen molar-refractivity contribution in [3.63, 3.8) is 0 Å². The first kappa shape index (κ1) is 18.4. The quantitative estimate of drug-likeness (QED) is 0.540. The Morgan fingerprint density at radius 2 is 1.21 bits per heavy atom. The molecular formula is C24H20N4O. The molecule has 1 amide bonds. The molecule has 29 heavy (non-hydrogen) atoms. The number of benzene rings is 3. The van der Waals surface area contributed by atoms with Crippen molar-refractivity contribution in [2.45, 2.75) is 6.54 Å². The molecule has 0 saturated heterocycles. The van der Waals surface area contributed by atoms with Gasteiger partial charge in [0.15, 0.2) is 11.5 Å². The van der Waals surface area contributed by atoms with Gasteiger partial charge in [-0.1, -0.05) is 91.0 Å². The predicted molar refractivity (Wildman–Crippen MR) is 115 cm³/mol. The van der Waals surface area contributed by atoms with Gasteiger partial charge in [-0.2, -0.15) is 0 Å². The highest BCUT2D eigenvalue weighted by molar-refractivity contribution is 5.98. The summed E-state index contributed by atoms with van der Waals surface area (Å²) in [4.78, 5) is 22.0. The van der Waals surface area contributed by atoms with E-state index in [1.54, 1.807) is 0 Å². The Labute approximate surface area is 169 Å². The third-order valence-electron chi connectivity index (χ3n) is 4.53. The Bertz CT molecular complexity index is 1110. The Morgan fingerprint density at radius 3 is 1.76 bits per heavy atom. The van der Waals surface area contributed by atoms with Gasteiger partial charge in [-0.3, -0.25) is 4.79 Å². The fourth-order valence-electron chi connectivity index (χ4n) is 3.07. The number of nitrogen functional groups attached to an aromatic ring is 1. The van der Waals surface area contributed by atoms with Gasteiger partial charge in [0.05, 0.1) is 11.4 Å². The molecule has 4 aromatic rings. The van der Waals surface area contributed by atoms with Crippen LogP contribution < -0.4 is 11.1 Å². The van der Waals surface area contributed by atoms with Crippen LogP contribution in [-0.4, -0.2) is 15.9 Å². The molecule has 3 aromatic carbocycles. The topological polar surface area (TPSA) is 80.9 Å². The number of hydrogen-bond acceptors (Lipinski definition) is 4. The van der Waals surface area contributed by atoms with Crippen molar-refractivity contribution in [1.82, 2.24) is 15.3 Å². The first-order chi connectivity index (χ1) is 14.2. The molecule has 0 aliphatic rings. The largest absolute Gasteiger partial charge is 0.382 e. The lowest BCUT2D eigenvalue weighted by Gasteiger charge is -2.13. The van der Waals surface area contributed by atoms with Crippen molar-refractivity contribution in [2.75, 3.05) is 5.73 Å². The highest BCUT2D eigenvalue weighted by atomic mass is 16.1. The zero-order valence-electron chi connectivity index (χ0n) is 15.7. The minimum Gasteiger partial charge on any atom is -0.382 e. The third kappa shape index (κ3) is 4.14. The molecule has 0 radical (unpaired) electrons. The van der Waals surface area contributed by atoms with Gasteiger partial charge < -0.3 is 11.1 Å². The van der Waals surface area contributed by atoms with Crippen molar-refractivity contribution in [3.05, 3.63) is 102 Å². The van der Waals surface area contributed by atoms with E-state index in [-0.39, 0.29) is 17.4 Å². The van der Waals surface area contributed by atoms with Gasteiger partial charge in [0.1, 0.15) is 0 Å². The number of anilines is 1. The molecule has 0 aliphatic heterocycles. The number of amides is 1. The average molecular weight is 380 g/mol. The van der Waals surface area contributed by atoms with Gasteiger partial charge in [0, 0.05) is 17.7 Å². The highest BCUT2D eigenvalue weighted by Gasteiger charge is 2.19. The first-order valence-electron chi connectivity index (χ1n) is 9.33. The zero-order valence-corrected chi connectivity index (χ0v) is 15.7. The molecular weight excluding hydrogens is 360 g/mol. The number of nitrogens with one attached hydrogen (secondary N) is 1. The number of nitrogens with zero attached hydrogens (tertiary/aromatic N) is 2. The fourth-order valence-corrected chi connectivity index (χ4v) is 3.07. The van der Waals surface area contributed by atoms with E-state index in [0.29, 0.717) is 17.9 Å². The van der Waals surface area contributed by atoms with Crippen LogP contribution in [0.5, 0.6) is 0 Å². The summed E-state index contributed by atoms with van der Waals surface area (Å²) in [5.41, 5.74) is 10.3. The van der Waals surface area contributed by atoms with E-state index in [2.05, 4.69) is 15.3 Å². The van der Waals surface area contributed by atoms with Crippen LogP contribution in [0.2, 0.25) is 0 Å². The van der Waals surface area contributed by atoms with E-state index < -0.39 is 0 Å². The lowest BCUT2D eigenvalue weighted by Crippen LogP contribution is -2.25. The molecule has 5 nitrogen and oxygen atoms in total. The van der Waals surface area contributed by atoms with E-state index in [4.69, 9.17) is 5.73 Å². The van der Waals surface area contributed by atoms with Gasteiger partial charge >= 0.3 is 0 Å². The van der Waals surface area contributed by atoms with Gasteiger partial charge in [0.25, 0.3) is 5.91 Å². The number of carbonyl (C=O) groups is 1. The molecule has 4 rings (SSSR count). The molecule has 0 fully saturated rings. The summed E-state index contributed by atoms with van der Waals surface area (Å²) in [7, 11) is 0. The van der Waals surface area contributed by atoms with Crippen molar-refractivity contribution in [2.24, 2.45) is 0 Å². The number of aromatic nitrogens is 2. The number of carbonyl (C=O) groups excluding carboxylic acids is 1. The number of nitrogens with two attached hydrogens (primary N) is 1. The summed E-state index contributed by atoms with van der Waals surface area (Å²) in [6.07, 6.45) is 0. The summed E-state index contributed by atoms with van der Waals surface area (Å²) in [5.74, 6) is -0.246. The smallest absolute Gasteiger partial charge is 0.274 e. The van der Waals surface area contributed by atoms with Gasteiger partial charge in [0.2, 0.25) is 0 Å². The maximum absolute atomic E-state index is 12.8. The minimum absolute atomic E-state index is 0.106. The summed E-state index contributed by atoms with van der Waals surface area (Å²) in [6, 6.07) is 29.1. The van der Waals surface area contributed by atoms with E-state index in [1.165, 1.54) is 0 Å². The summed E-state index contributed by atoms with van der Waals surface area (Å²) < 4.78 is 0. The summed E-state index contributed by atoms with van der Waals surface area (Å²) in [6.45, 7) is 0.391. The molecule has 0 spiro atoms. The Kier molecular flexibility index (Phi) is 5.29. The van der Waals surface area contributed by atoms with Crippen LogP contribution in [0.3, 0.4) is 0 Å². The summed E-state index contributed by atoms with van der Waals surface area (Å²) in [5, 5.41) is 2.87. The fraction of sp³-hybridized carbons (Fsp3) is 0.0417. The van der Waals surface area contributed by atoms with Crippen molar-refractivity contribution in [1.29, 1.82) is 0 Å². The standard InChI is InChI=1S/C24H20N4O/c25-23-22(24(29)26-16-17-10-4-1-5-11-17)27-20(18-12-6-2-7-13-18)21(28-23)19-14-8-3-9-15-19/h1-15H,16H2,(H2,25,28)(H,26,29). The van der Waals surface area contributed by atoms with Gasteiger partial charge in [-0.15, -0.1) is 0 Å². The molecule has 5 heteroatoms. The molecule has 1 heterocycles. The maximum Gasteiger partial charge on any atom is 0.274 e. The normalized spacial score (nSPS) is 10.5. The maximum atomic E-state index is 12.8. The van der Waals surface area contributed by atoms with E-state index in [9.17, 15) is 4.79 Å². The monoisotopic (exact) mass is 380 g/mol. The van der Waals surface area contributed by atoms with Crippen LogP contribution in [0.1, 0.15) is 16.1 Å². The van der Waals surface area contributed by atoms with Crippen molar-refractivity contribution in [3.8, 4) is 22.5 Å². The van der Waals surface area contributed by atoms with Crippen LogP contribution in [0.15, 0.2) is 91.0 Å². The van der Waals surface area contributed by atoms with Crippen LogP contribution >= 0.6 is 0 Å².